The second kappa shape index (κ2) is 8.52. The monoisotopic (exact) mass is 388 g/mol. The molecule has 0 spiro atoms. The Bertz CT molecular complexity index is 731. The third kappa shape index (κ3) is 4.11. The van der Waals surface area contributed by atoms with Gasteiger partial charge in [0.15, 0.2) is 0 Å². The Kier molecular flexibility index (Phi) is 5.89. The zero-order chi connectivity index (χ0) is 17.8. The maximum absolute atomic E-state index is 13.1. The molecule has 1 amide bonds. The lowest BCUT2D eigenvalue weighted by Gasteiger charge is -2.32. The van der Waals surface area contributed by atoms with Crippen LogP contribution in [0.1, 0.15) is 22.5 Å². The number of carbonyl (C=O) groups excluding carboxylic acids is 1. The van der Waals surface area contributed by atoms with Crippen molar-refractivity contribution in [3.8, 4) is 0 Å². The molecule has 0 radical (unpaired) electrons. The first-order valence-electron chi connectivity index (χ1n) is 9.14. The van der Waals surface area contributed by atoms with Gasteiger partial charge < -0.3 is 10.2 Å². The third-order valence-corrected chi connectivity index (χ3v) is 6.84. The third-order valence-electron chi connectivity index (χ3n) is 5.10. The van der Waals surface area contributed by atoms with Crippen LogP contribution in [-0.4, -0.2) is 66.0 Å². The Morgan fingerprint density at radius 3 is 2.92 bits per heavy atom. The molecule has 2 fully saturated rings. The average Bonchev–Trinajstić information content (AvgIpc) is 3.39. The van der Waals surface area contributed by atoms with Crippen LogP contribution < -0.4 is 5.32 Å². The van der Waals surface area contributed by atoms with Crippen LogP contribution in [0.2, 0.25) is 0 Å². The van der Waals surface area contributed by atoms with Crippen molar-refractivity contribution < 1.29 is 4.79 Å². The van der Waals surface area contributed by atoms with Gasteiger partial charge in [0.25, 0.3) is 5.91 Å². The first-order chi connectivity index (χ1) is 12.8. The number of thioether (sulfide) groups is 1. The van der Waals surface area contributed by atoms with Crippen molar-refractivity contribution in [1.82, 2.24) is 20.1 Å². The second-order valence-corrected chi connectivity index (χ2v) is 8.48. The molecule has 0 saturated carbocycles. The minimum Gasteiger partial charge on any atom is -0.337 e. The standard InChI is InChI=1S/C19H24N4OS2/c24-19(23-8-5-16(11-23)22-9-6-20-7-10-22)17-3-1-2-4-18(17)26-13-15-12-25-14-21-15/h1-4,12,14,16,20H,5-11,13H2. The molecule has 2 saturated heterocycles. The predicted octanol–water partition coefficient (Wildman–Crippen LogP) is 2.56. The Morgan fingerprint density at radius 2 is 2.12 bits per heavy atom. The minimum atomic E-state index is 0.170. The first-order valence-corrected chi connectivity index (χ1v) is 11.1. The molecule has 0 bridgehead atoms. The highest BCUT2D eigenvalue weighted by Crippen LogP contribution is 2.28. The summed E-state index contributed by atoms with van der Waals surface area (Å²) in [6.45, 7) is 6.00. The molecule has 4 rings (SSSR count). The molecule has 5 nitrogen and oxygen atoms in total. The molecule has 2 aromatic rings. The number of thiazole rings is 1. The van der Waals surface area contributed by atoms with E-state index in [2.05, 4.69) is 20.6 Å². The van der Waals surface area contributed by atoms with Crippen molar-refractivity contribution in [2.24, 2.45) is 0 Å². The molecule has 1 N–H and O–H groups in total. The summed E-state index contributed by atoms with van der Waals surface area (Å²) in [7, 11) is 0. The molecule has 7 heteroatoms. The van der Waals surface area contributed by atoms with Crippen molar-refractivity contribution in [2.45, 2.75) is 23.1 Å². The topological polar surface area (TPSA) is 48.5 Å². The van der Waals surface area contributed by atoms with E-state index in [0.29, 0.717) is 6.04 Å². The Morgan fingerprint density at radius 1 is 1.27 bits per heavy atom. The van der Waals surface area contributed by atoms with E-state index in [-0.39, 0.29) is 5.91 Å². The van der Waals surface area contributed by atoms with Gasteiger partial charge in [0, 0.05) is 61.3 Å². The molecule has 138 valence electrons. The highest BCUT2D eigenvalue weighted by atomic mass is 32.2. The van der Waals surface area contributed by atoms with Crippen molar-refractivity contribution in [1.29, 1.82) is 0 Å². The summed E-state index contributed by atoms with van der Waals surface area (Å²) >= 11 is 3.31. The van der Waals surface area contributed by atoms with E-state index in [0.717, 1.165) is 67.6 Å². The average molecular weight is 389 g/mol. The van der Waals surface area contributed by atoms with Crippen LogP contribution in [-0.2, 0) is 5.75 Å². The lowest BCUT2D eigenvalue weighted by Crippen LogP contribution is -2.49. The fraction of sp³-hybridized carbons (Fsp3) is 0.474. The summed E-state index contributed by atoms with van der Waals surface area (Å²) in [6.07, 6.45) is 1.08. The first kappa shape index (κ1) is 18.0. The molecule has 3 heterocycles. The van der Waals surface area contributed by atoms with Crippen molar-refractivity contribution >= 4 is 29.0 Å². The number of nitrogens with one attached hydrogen (secondary N) is 1. The fourth-order valence-corrected chi connectivity index (χ4v) is 5.28. The van der Waals surface area contributed by atoms with Crippen LogP contribution in [0.5, 0.6) is 0 Å². The molecule has 1 atom stereocenters. The number of likely N-dealkylation sites (tertiary alicyclic amines) is 1. The van der Waals surface area contributed by atoms with Crippen molar-refractivity contribution in [2.75, 3.05) is 39.3 Å². The SMILES string of the molecule is O=C(c1ccccc1SCc1cscn1)N1CCC(N2CCNCC2)C1. The molecule has 26 heavy (non-hydrogen) atoms. The van der Waals surface area contributed by atoms with Gasteiger partial charge in [0.2, 0.25) is 0 Å². The van der Waals surface area contributed by atoms with Gasteiger partial charge in [-0.3, -0.25) is 9.69 Å². The summed E-state index contributed by atoms with van der Waals surface area (Å²) < 4.78 is 0. The van der Waals surface area contributed by atoms with E-state index in [1.165, 1.54) is 0 Å². The number of rotatable bonds is 5. The summed E-state index contributed by atoms with van der Waals surface area (Å²) in [4.78, 5) is 23.1. The van der Waals surface area contributed by atoms with Gasteiger partial charge in [0.1, 0.15) is 0 Å². The largest absolute Gasteiger partial charge is 0.337 e. The molecule has 1 unspecified atom stereocenters. The lowest BCUT2D eigenvalue weighted by atomic mass is 10.2. The van der Waals surface area contributed by atoms with Crippen LogP contribution in [0.3, 0.4) is 0 Å². The molecule has 1 aromatic heterocycles. The number of aromatic nitrogens is 1. The van der Waals surface area contributed by atoms with E-state index in [1.807, 2.05) is 34.7 Å². The quantitative estimate of drug-likeness (QED) is 0.798. The maximum atomic E-state index is 13.1. The van der Waals surface area contributed by atoms with E-state index in [1.54, 1.807) is 23.1 Å². The molecule has 2 aliphatic rings. The highest BCUT2D eigenvalue weighted by molar-refractivity contribution is 7.98. The highest BCUT2D eigenvalue weighted by Gasteiger charge is 2.32. The lowest BCUT2D eigenvalue weighted by molar-refractivity contribution is 0.0770. The summed E-state index contributed by atoms with van der Waals surface area (Å²) in [5, 5.41) is 5.47. The maximum Gasteiger partial charge on any atom is 0.255 e. The molecular weight excluding hydrogens is 364 g/mol. The Balaban J connectivity index is 1.41. The van der Waals surface area contributed by atoms with Crippen LogP contribution in [0.4, 0.5) is 0 Å². The molecule has 1 aromatic carbocycles. The van der Waals surface area contributed by atoms with Crippen molar-refractivity contribution in [3.63, 3.8) is 0 Å². The van der Waals surface area contributed by atoms with Gasteiger partial charge in [-0.2, -0.15) is 0 Å². The van der Waals surface area contributed by atoms with Gasteiger partial charge in [-0.25, -0.2) is 4.98 Å². The summed E-state index contributed by atoms with van der Waals surface area (Å²) in [5.41, 5.74) is 3.75. The number of carbonyl (C=O) groups is 1. The number of piperazine rings is 1. The smallest absolute Gasteiger partial charge is 0.255 e. The van der Waals surface area contributed by atoms with Gasteiger partial charge >= 0.3 is 0 Å². The Labute approximate surface area is 162 Å². The van der Waals surface area contributed by atoms with E-state index in [9.17, 15) is 4.79 Å². The molecule has 2 aliphatic heterocycles. The van der Waals surface area contributed by atoms with E-state index < -0.39 is 0 Å². The van der Waals surface area contributed by atoms with Gasteiger partial charge in [0.05, 0.1) is 16.8 Å². The zero-order valence-corrected chi connectivity index (χ0v) is 16.4. The Hall–Kier alpha value is -1.41. The van der Waals surface area contributed by atoms with Crippen LogP contribution >= 0.6 is 23.1 Å². The fourth-order valence-electron chi connectivity index (χ4n) is 3.67. The zero-order valence-electron chi connectivity index (χ0n) is 14.8. The van der Waals surface area contributed by atoms with Crippen molar-refractivity contribution in [3.05, 3.63) is 46.4 Å². The summed E-state index contributed by atoms with van der Waals surface area (Å²) in [6, 6.07) is 8.49. The van der Waals surface area contributed by atoms with Crippen LogP contribution in [0.25, 0.3) is 0 Å². The van der Waals surface area contributed by atoms with E-state index in [4.69, 9.17) is 0 Å². The summed E-state index contributed by atoms with van der Waals surface area (Å²) in [5.74, 6) is 0.973. The number of nitrogens with zero attached hydrogens (tertiary/aromatic N) is 3. The number of hydrogen-bond donors (Lipinski definition) is 1. The second-order valence-electron chi connectivity index (χ2n) is 6.74. The number of hydrogen-bond acceptors (Lipinski definition) is 6. The van der Waals surface area contributed by atoms with Gasteiger partial charge in [-0.05, 0) is 18.6 Å². The normalized spacial score (nSPS) is 21.2. The van der Waals surface area contributed by atoms with Gasteiger partial charge in [-0.1, -0.05) is 12.1 Å². The molecular formula is C19H24N4OS2. The number of amides is 1. The van der Waals surface area contributed by atoms with Crippen LogP contribution in [0, 0.1) is 0 Å². The predicted molar refractivity (Wildman–Crippen MR) is 107 cm³/mol. The molecule has 0 aliphatic carbocycles. The van der Waals surface area contributed by atoms with E-state index >= 15 is 0 Å². The van der Waals surface area contributed by atoms with Gasteiger partial charge in [-0.15, -0.1) is 23.1 Å². The number of benzene rings is 1. The van der Waals surface area contributed by atoms with Crippen LogP contribution in [0.15, 0.2) is 40.1 Å². The minimum absolute atomic E-state index is 0.170.